The van der Waals surface area contributed by atoms with Crippen molar-refractivity contribution >= 4 is 11.6 Å². The van der Waals surface area contributed by atoms with Gasteiger partial charge in [-0.1, -0.05) is 0 Å². The van der Waals surface area contributed by atoms with Gasteiger partial charge in [0.25, 0.3) is 5.91 Å². The van der Waals surface area contributed by atoms with E-state index >= 15 is 0 Å². The molecule has 0 atom stereocenters. The Morgan fingerprint density at radius 3 is 2.13 bits per heavy atom. The number of halogens is 2. The van der Waals surface area contributed by atoms with Crippen molar-refractivity contribution < 1.29 is 27.8 Å². The molecular formula is C16H15F2NO4. The molecule has 0 saturated heterocycles. The summed E-state index contributed by atoms with van der Waals surface area (Å²) < 4.78 is 41.4. The maximum atomic E-state index is 13.1. The van der Waals surface area contributed by atoms with Crippen LogP contribution in [-0.4, -0.2) is 26.7 Å². The van der Waals surface area contributed by atoms with Crippen molar-refractivity contribution in [2.75, 3.05) is 26.1 Å². The zero-order valence-electron chi connectivity index (χ0n) is 12.6. The lowest BCUT2D eigenvalue weighted by Gasteiger charge is -2.10. The lowest BCUT2D eigenvalue weighted by molar-refractivity contribution is -0.118. The normalized spacial score (nSPS) is 10.1. The Balaban J connectivity index is 1.97. The van der Waals surface area contributed by atoms with Gasteiger partial charge in [-0.15, -0.1) is 0 Å². The zero-order chi connectivity index (χ0) is 16.8. The van der Waals surface area contributed by atoms with Crippen LogP contribution in [0.25, 0.3) is 0 Å². The van der Waals surface area contributed by atoms with E-state index in [9.17, 15) is 13.6 Å². The SMILES string of the molecule is COc1cc(OC)cc(OCC(=O)Nc2ccc(F)c(F)c2)c1. The van der Waals surface area contributed by atoms with Crippen LogP contribution in [0.15, 0.2) is 36.4 Å². The van der Waals surface area contributed by atoms with Crippen molar-refractivity contribution in [3.05, 3.63) is 48.0 Å². The summed E-state index contributed by atoms with van der Waals surface area (Å²) >= 11 is 0. The third-order valence-electron chi connectivity index (χ3n) is 2.90. The van der Waals surface area contributed by atoms with Crippen LogP contribution in [0, 0.1) is 11.6 Å². The number of hydrogen-bond acceptors (Lipinski definition) is 4. The summed E-state index contributed by atoms with van der Waals surface area (Å²) in [6, 6.07) is 7.92. The maximum absolute atomic E-state index is 13.1. The van der Waals surface area contributed by atoms with E-state index in [1.807, 2.05) is 0 Å². The van der Waals surface area contributed by atoms with Gasteiger partial charge in [0, 0.05) is 30.0 Å². The molecule has 2 aromatic carbocycles. The average molecular weight is 323 g/mol. The van der Waals surface area contributed by atoms with Gasteiger partial charge in [-0.2, -0.15) is 0 Å². The molecule has 0 aliphatic rings. The molecule has 0 aliphatic heterocycles. The smallest absolute Gasteiger partial charge is 0.262 e. The van der Waals surface area contributed by atoms with Gasteiger partial charge in [0.15, 0.2) is 18.2 Å². The van der Waals surface area contributed by atoms with E-state index in [1.165, 1.54) is 20.3 Å². The molecule has 1 amide bonds. The summed E-state index contributed by atoms with van der Waals surface area (Å²) in [4.78, 5) is 11.8. The van der Waals surface area contributed by atoms with Gasteiger partial charge in [-0.05, 0) is 12.1 Å². The number of carbonyl (C=O) groups excluding carboxylic acids is 1. The van der Waals surface area contributed by atoms with E-state index in [2.05, 4.69) is 5.32 Å². The Morgan fingerprint density at radius 2 is 1.57 bits per heavy atom. The van der Waals surface area contributed by atoms with Crippen LogP contribution >= 0.6 is 0 Å². The molecule has 0 bridgehead atoms. The summed E-state index contributed by atoms with van der Waals surface area (Å²) in [7, 11) is 2.99. The van der Waals surface area contributed by atoms with Gasteiger partial charge in [0.1, 0.15) is 17.2 Å². The van der Waals surface area contributed by atoms with E-state index < -0.39 is 17.5 Å². The highest BCUT2D eigenvalue weighted by atomic mass is 19.2. The van der Waals surface area contributed by atoms with Crippen LogP contribution in [0.3, 0.4) is 0 Å². The van der Waals surface area contributed by atoms with E-state index in [0.29, 0.717) is 17.2 Å². The Morgan fingerprint density at radius 1 is 0.957 bits per heavy atom. The molecule has 7 heteroatoms. The van der Waals surface area contributed by atoms with Gasteiger partial charge in [0.05, 0.1) is 14.2 Å². The van der Waals surface area contributed by atoms with Crippen LogP contribution in [-0.2, 0) is 4.79 Å². The van der Waals surface area contributed by atoms with Crippen molar-refractivity contribution in [2.45, 2.75) is 0 Å². The van der Waals surface area contributed by atoms with Gasteiger partial charge >= 0.3 is 0 Å². The first-order valence-corrected chi connectivity index (χ1v) is 6.62. The molecular weight excluding hydrogens is 308 g/mol. The number of anilines is 1. The first kappa shape index (κ1) is 16.5. The number of benzene rings is 2. The largest absolute Gasteiger partial charge is 0.496 e. The summed E-state index contributed by atoms with van der Waals surface area (Å²) in [6.07, 6.45) is 0. The number of amides is 1. The minimum Gasteiger partial charge on any atom is -0.496 e. The van der Waals surface area contributed by atoms with Crippen LogP contribution < -0.4 is 19.5 Å². The molecule has 0 heterocycles. The van der Waals surface area contributed by atoms with Crippen LogP contribution in [0.2, 0.25) is 0 Å². The molecule has 23 heavy (non-hydrogen) atoms. The molecule has 1 N–H and O–H groups in total. The highest BCUT2D eigenvalue weighted by Crippen LogP contribution is 2.27. The Labute approximate surface area is 131 Å². The van der Waals surface area contributed by atoms with Crippen LogP contribution in [0.1, 0.15) is 0 Å². The molecule has 122 valence electrons. The molecule has 0 aliphatic carbocycles. The molecule has 5 nitrogen and oxygen atoms in total. The number of ether oxygens (including phenoxy) is 3. The molecule has 0 radical (unpaired) electrons. The molecule has 0 saturated carbocycles. The molecule has 2 aromatic rings. The Bertz CT molecular complexity index is 684. The highest BCUT2D eigenvalue weighted by Gasteiger charge is 2.08. The number of carbonyl (C=O) groups is 1. The third kappa shape index (κ3) is 4.57. The number of methoxy groups -OCH3 is 2. The minimum absolute atomic E-state index is 0.140. The second kappa shape index (κ2) is 7.44. The molecule has 0 spiro atoms. The second-order valence-corrected chi connectivity index (χ2v) is 4.51. The van der Waals surface area contributed by atoms with Gasteiger partial charge < -0.3 is 19.5 Å². The average Bonchev–Trinajstić information content (AvgIpc) is 2.56. The Hall–Kier alpha value is -2.83. The fourth-order valence-corrected chi connectivity index (χ4v) is 1.78. The van der Waals surface area contributed by atoms with E-state index in [1.54, 1.807) is 18.2 Å². The minimum atomic E-state index is -1.04. The van der Waals surface area contributed by atoms with Crippen LogP contribution in [0.5, 0.6) is 17.2 Å². The summed E-state index contributed by atoms with van der Waals surface area (Å²) in [5.74, 6) is -1.14. The third-order valence-corrected chi connectivity index (χ3v) is 2.90. The second-order valence-electron chi connectivity index (χ2n) is 4.51. The fourth-order valence-electron chi connectivity index (χ4n) is 1.78. The van der Waals surface area contributed by atoms with Crippen molar-refractivity contribution in [1.82, 2.24) is 0 Å². The van der Waals surface area contributed by atoms with Crippen molar-refractivity contribution in [3.8, 4) is 17.2 Å². The summed E-state index contributed by atoms with van der Waals surface area (Å²) in [6.45, 7) is -0.310. The quantitative estimate of drug-likeness (QED) is 0.888. The monoisotopic (exact) mass is 323 g/mol. The predicted octanol–water partition coefficient (Wildman–Crippen LogP) is 3.00. The van der Waals surface area contributed by atoms with Crippen LogP contribution in [0.4, 0.5) is 14.5 Å². The van der Waals surface area contributed by atoms with Gasteiger partial charge in [-0.25, -0.2) is 8.78 Å². The lowest BCUT2D eigenvalue weighted by Crippen LogP contribution is -2.20. The highest BCUT2D eigenvalue weighted by molar-refractivity contribution is 5.91. The van der Waals surface area contributed by atoms with Gasteiger partial charge in [-0.3, -0.25) is 4.79 Å². The van der Waals surface area contributed by atoms with E-state index in [4.69, 9.17) is 14.2 Å². The summed E-state index contributed by atoms with van der Waals surface area (Å²) in [5.41, 5.74) is 0.140. The molecule has 0 fully saturated rings. The van der Waals surface area contributed by atoms with Gasteiger partial charge in [0.2, 0.25) is 0 Å². The topological polar surface area (TPSA) is 56.8 Å². The Kier molecular flexibility index (Phi) is 5.35. The maximum Gasteiger partial charge on any atom is 0.262 e. The van der Waals surface area contributed by atoms with E-state index in [0.717, 1.165) is 12.1 Å². The molecule has 0 aromatic heterocycles. The van der Waals surface area contributed by atoms with Crippen molar-refractivity contribution in [1.29, 1.82) is 0 Å². The lowest BCUT2D eigenvalue weighted by atomic mass is 10.3. The van der Waals surface area contributed by atoms with Crippen molar-refractivity contribution in [2.24, 2.45) is 0 Å². The first-order valence-electron chi connectivity index (χ1n) is 6.62. The number of nitrogens with one attached hydrogen (secondary N) is 1. The van der Waals surface area contributed by atoms with Crippen molar-refractivity contribution in [3.63, 3.8) is 0 Å². The zero-order valence-corrected chi connectivity index (χ0v) is 12.6. The number of rotatable bonds is 6. The molecule has 0 unspecified atom stereocenters. The van der Waals surface area contributed by atoms with E-state index in [-0.39, 0.29) is 12.3 Å². The predicted molar refractivity (Wildman–Crippen MR) is 80.0 cm³/mol. The summed E-state index contributed by atoms with van der Waals surface area (Å²) in [5, 5.41) is 2.40. The molecule has 2 rings (SSSR count). The standard InChI is InChI=1S/C16H15F2NO4/c1-21-11-6-12(22-2)8-13(7-11)23-9-16(20)19-10-3-4-14(17)15(18)5-10/h3-8H,9H2,1-2H3,(H,19,20). The fraction of sp³-hybridized carbons (Fsp3) is 0.188. The first-order chi connectivity index (χ1) is 11.0. The number of hydrogen-bond donors (Lipinski definition) is 1.